The van der Waals surface area contributed by atoms with Gasteiger partial charge in [-0.3, -0.25) is 4.79 Å². The highest BCUT2D eigenvalue weighted by Gasteiger charge is 2.30. The van der Waals surface area contributed by atoms with Crippen LogP contribution in [-0.4, -0.2) is 70.6 Å². The molecule has 0 unspecified atom stereocenters. The molecule has 0 fully saturated rings. The first-order valence-corrected chi connectivity index (χ1v) is 12.1. The topological polar surface area (TPSA) is 102 Å². The molecule has 9 nitrogen and oxygen atoms in total. The summed E-state index contributed by atoms with van der Waals surface area (Å²) in [5.74, 6) is -0.487. The zero-order chi connectivity index (χ0) is 17.9. The smallest absolute Gasteiger partial charge is 0.409 e. The predicted octanol–water partition coefficient (Wildman–Crippen LogP) is 0.872. The van der Waals surface area contributed by atoms with Crippen molar-refractivity contribution in [1.82, 2.24) is 5.32 Å². The third-order valence-corrected chi connectivity index (χ3v) is 8.91. The SMILES string of the molecule is CO[Si](C)(CCC(=O)OCOC(=O)NC[Si](C)(OC)OC)OC. The van der Waals surface area contributed by atoms with Crippen molar-refractivity contribution in [3.63, 3.8) is 0 Å². The normalized spacial score (nSPS) is 11.9. The second kappa shape index (κ2) is 10.7. The number of nitrogens with one attached hydrogen (secondary N) is 1. The number of rotatable bonds is 11. The summed E-state index contributed by atoms with van der Waals surface area (Å²) >= 11 is 0. The molecule has 0 heterocycles. The second-order valence-electron chi connectivity index (χ2n) is 5.00. The molecule has 1 N–H and O–H groups in total. The van der Waals surface area contributed by atoms with E-state index in [2.05, 4.69) is 5.32 Å². The van der Waals surface area contributed by atoms with E-state index in [0.717, 1.165) is 0 Å². The summed E-state index contributed by atoms with van der Waals surface area (Å²) < 4.78 is 30.5. The van der Waals surface area contributed by atoms with E-state index in [1.807, 2.05) is 6.55 Å². The summed E-state index contributed by atoms with van der Waals surface area (Å²) in [6.07, 6.45) is -0.356. The number of carbonyl (C=O) groups excluding carboxylic acids is 2. The van der Waals surface area contributed by atoms with Gasteiger partial charge >= 0.3 is 29.2 Å². The molecule has 11 heteroatoms. The minimum absolute atomic E-state index is 0.133. The van der Waals surface area contributed by atoms with Gasteiger partial charge in [-0.1, -0.05) is 0 Å². The van der Waals surface area contributed by atoms with Crippen LogP contribution >= 0.6 is 0 Å². The van der Waals surface area contributed by atoms with Gasteiger partial charge < -0.3 is 32.5 Å². The van der Waals surface area contributed by atoms with Crippen LogP contribution in [0.3, 0.4) is 0 Å². The zero-order valence-corrected chi connectivity index (χ0v) is 16.6. The molecule has 23 heavy (non-hydrogen) atoms. The lowest BCUT2D eigenvalue weighted by Gasteiger charge is -2.22. The highest BCUT2D eigenvalue weighted by atomic mass is 28.4. The molecule has 0 aliphatic carbocycles. The molecule has 0 aromatic heterocycles. The van der Waals surface area contributed by atoms with Crippen LogP contribution in [0.2, 0.25) is 19.1 Å². The first kappa shape index (κ1) is 22.0. The molecular formula is C12H27NO8Si2. The summed E-state index contributed by atoms with van der Waals surface area (Å²) in [7, 11) is 1.41. The fourth-order valence-corrected chi connectivity index (χ4v) is 3.50. The summed E-state index contributed by atoms with van der Waals surface area (Å²) in [5, 5.41) is 2.50. The lowest BCUT2D eigenvalue weighted by Crippen LogP contribution is -2.48. The molecule has 0 radical (unpaired) electrons. The van der Waals surface area contributed by atoms with Crippen molar-refractivity contribution < 1.29 is 36.8 Å². The van der Waals surface area contributed by atoms with Crippen molar-refractivity contribution in [2.75, 3.05) is 41.4 Å². The Balaban J connectivity index is 3.93. The van der Waals surface area contributed by atoms with Gasteiger partial charge in [0.2, 0.25) is 6.79 Å². The lowest BCUT2D eigenvalue weighted by atomic mass is 10.5. The van der Waals surface area contributed by atoms with Crippen molar-refractivity contribution in [2.45, 2.75) is 25.6 Å². The highest BCUT2D eigenvalue weighted by molar-refractivity contribution is 6.66. The van der Waals surface area contributed by atoms with Crippen molar-refractivity contribution in [1.29, 1.82) is 0 Å². The summed E-state index contributed by atoms with van der Waals surface area (Å²) in [4.78, 5) is 23.0. The molecule has 0 saturated heterocycles. The number of alkyl carbamates (subject to hydrolysis) is 1. The Morgan fingerprint density at radius 2 is 1.39 bits per heavy atom. The molecule has 136 valence electrons. The average Bonchev–Trinajstić information content (AvgIpc) is 2.57. The van der Waals surface area contributed by atoms with Crippen molar-refractivity contribution >= 4 is 29.2 Å². The molecule has 1 amide bonds. The zero-order valence-electron chi connectivity index (χ0n) is 14.6. The Hall–Kier alpha value is -0.986. The molecule has 0 saturated carbocycles. The van der Waals surface area contributed by atoms with E-state index in [1.165, 1.54) is 14.2 Å². The van der Waals surface area contributed by atoms with Crippen LogP contribution in [0.4, 0.5) is 4.79 Å². The Labute approximate surface area is 139 Å². The molecule has 0 spiro atoms. The maximum absolute atomic E-state index is 11.6. The third kappa shape index (κ3) is 9.02. The van der Waals surface area contributed by atoms with Crippen LogP contribution in [0.5, 0.6) is 0 Å². The van der Waals surface area contributed by atoms with Crippen LogP contribution in [0.1, 0.15) is 6.42 Å². The Morgan fingerprint density at radius 3 is 1.87 bits per heavy atom. The van der Waals surface area contributed by atoms with Gasteiger partial charge in [-0.15, -0.1) is 0 Å². The van der Waals surface area contributed by atoms with Crippen LogP contribution in [0, 0.1) is 0 Å². The Morgan fingerprint density at radius 1 is 0.870 bits per heavy atom. The standard InChI is InChI=1S/C12H27NO8Si2/c1-16-22(5,17-2)8-7-11(14)20-10-21-12(15)13-9-23(6,18-3)19-4/h7-10H2,1-6H3,(H,13,15). The van der Waals surface area contributed by atoms with Crippen molar-refractivity contribution in [3.8, 4) is 0 Å². The molecule has 0 aromatic carbocycles. The van der Waals surface area contributed by atoms with Crippen LogP contribution < -0.4 is 5.32 Å². The maximum atomic E-state index is 11.6. The van der Waals surface area contributed by atoms with Gasteiger partial charge in [0.1, 0.15) is 0 Å². The van der Waals surface area contributed by atoms with Crippen molar-refractivity contribution in [2.24, 2.45) is 0 Å². The second-order valence-corrected chi connectivity index (χ2v) is 12.0. The van der Waals surface area contributed by atoms with E-state index >= 15 is 0 Å². The van der Waals surface area contributed by atoms with E-state index < -0.39 is 36.0 Å². The highest BCUT2D eigenvalue weighted by Crippen LogP contribution is 2.14. The molecule has 0 bridgehead atoms. The van der Waals surface area contributed by atoms with E-state index in [9.17, 15) is 9.59 Å². The van der Waals surface area contributed by atoms with Crippen LogP contribution in [0.15, 0.2) is 0 Å². The quantitative estimate of drug-likeness (QED) is 0.325. The largest absolute Gasteiger partial charge is 0.428 e. The fourth-order valence-electron chi connectivity index (χ4n) is 1.35. The molecule has 0 aliphatic rings. The minimum atomic E-state index is -2.41. The first-order chi connectivity index (χ1) is 10.7. The number of amides is 1. The molecular weight excluding hydrogens is 342 g/mol. The predicted molar refractivity (Wildman–Crippen MR) is 86.1 cm³/mol. The fraction of sp³-hybridized carbons (Fsp3) is 0.833. The van der Waals surface area contributed by atoms with Crippen molar-refractivity contribution in [3.05, 3.63) is 0 Å². The minimum Gasteiger partial charge on any atom is -0.428 e. The number of carbonyl (C=O) groups is 2. The van der Waals surface area contributed by atoms with E-state index in [4.69, 9.17) is 27.2 Å². The van der Waals surface area contributed by atoms with E-state index in [1.54, 1.807) is 20.8 Å². The molecule has 0 atom stereocenters. The summed E-state index contributed by atoms with van der Waals surface area (Å²) in [6.45, 7) is 3.18. The van der Waals surface area contributed by atoms with Gasteiger partial charge in [0.05, 0.1) is 6.17 Å². The number of hydrogen-bond acceptors (Lipinski definition) is 8. The average molecular weight is 370 g/mol. The van der Waals surface area contributed by atoms with Crippen LogP contribution in [0.25, 0.3) is 0 Å². The van der Waals surface area contributed by atoms with Gasteiger partial charge in [-0.05, 0) is 13.1 Å². The Kier molecular flexibility index (Phi) is 10.3. The lowest BCUT2D eigenvalue weighted by molar-refractivity contribution is -0.151. The number of esters is 1. The van der Waals surface area contributed by atoms with Gasteiger partial charge in [-0.2, -0.15) is 0 Å². The summed E-state index contributed by atoms with van der Waals surface area (Å²) in [5.41, 5.74) is 0. The van der Waals surface area contributed by atoms with E-state index in [-0.39, 0.29) is 12.6 Å². The third-order valence-electron chi connectivity index (χ3n) is 3.47. The maximum Gasteiger partial charge on any atom is 0.409 e. The summed E-state index contributed by atoms with van der Waals surface area (Å²) in [6, 6.07) is 0.455. The van der Waals surface area contributed by atoms with E-state index in [0.29, 0.717) is 6.04 Å². The Bertz CT molecular complexity index is 340. The van der Waals surface area contributed by atoms with Gasteiger partial charge in [0, 0.05) is 40.9 Å². The van der Waals surface area contributed by atoms with Gasteiger partial charge in [0.15, 0.2) is 0 Å². The van der Waals surface area contributed by atoms with Gasteiger partial charge in [-0.25, -0.2) is 4.79 Å². The monoisotopic (exact) mass is 369 g/mol. The molecule has 0 aromatic rings. The number of hydrogen-bond donors (Lipinski definition) is 1. The molecule has 0 rings (SSSR count). The number of ether oxygens (including phenoxy) is 2. The first-order valence-electron chi connectivity index (χ1n) is 7.01. The van der Waals surface area contributed by atoms with Crippen LogP contribution in [-0.2, 0) is 32.0 Å². The molecule has 0 aliphatic heterocycles. The van der Waals surface area contributed by atoms with Gasteiger partial charge in [0.25, 0.3) is 0 Å².